The molecule has 1 aromatic carbocycles. The van der Waals surface area contributed by atoms with Gasteiger partial charge in [0.1, 0.15) is 0 Å². The molecule has 0 radical (unpaired) electrons. The summed E-state index contributed by atoms with van der Waals surface area (Å²) in [6.45, 7) is 11.9. The lowest BCUT2D eigenvalue weighted by atomic mass is 10.00. The lowest BCUT2D eigenvalue weighted by molar-refractivity contribution is -0.137. The van der Waals surface area contributed by atoms with Gasteiger partial charge in [0.15, 0.2) is 0 Å². The highest BCUT2D eigenvalue weighted by Crippen LogP contribution is 2.31. The van der Waals surface area contributed by atoms with Crippen molar-refractivity contribution in [2.24, 2.45) is 0 Å². The van der Waals surface area contributed by atoms with Gasteiger partial charge < -0.3 is 10.2 Å². The second-order valence-corrected chi connectivity index (χ2v) is 6.41. The third kappa shape index (κ3) is 4.71. The van der Waals surface area contributed by atoms with Crippen molar-refractivity contribution < 1.29 is 13.2 Å². The number of hydrogen-bond donors (Lipinski definition) is 1. The summed E-state index contributed by atoms with van der Waals surface area (Å²) in [6.07, 6.45) is -4.28. The lowest BCUT2D eigenvalue weighted by Gasteiger charge is -2.42. The van der Waals surface area contributed by atoms with Crippen molar-refractivity contribution in [2.75, 3.05) is 39.3 Å². The Bertz CT molecular complexity index is 497. The summed E-state index contributed by atoms with van der Waals surface area (Å²) >= 11 is 0. The van der Waals surface area contributed by atoms with Gasteiger partial charge in [0, 0.05) is 38.3 Å². The lowest BCUT2D eigenvalue weighted by Crippen LogP contribution is -2.53. The molecule has 1 aromatic rings. The van der Waals surface area contributed by atoms with Gasteiger partial charge in [-0.05, 0) is 37.7 Å². The SMILES string of the molecule is CCN(CC)CC(c1ccc(C(F)(F)F)cc1)N1CCNCC1C. The molecule has 0 aromatic heterocycles. The van der Waals surface area contributed by atoms with Crippen LogP contribution in [0.1, 0.15) is 37.9 Å². The molecule has 0 saturated carbocycles. The smallest absolute Gasteiger partial charge is 0.314 e. The molecule has 1 heterocycles. The Morgan fingerprint density at radius 2 is 1.83 bits per heavy atom. The topological polar surface area (TPSA) is 18.5 Å². The average molecular weight is 343 g/mol. The molecule has 0 aliphatic carbocycles. The first-order valence-corrected chi connectivity index (χ1v) is 8.72. The van der Waals surface area contributed by atoms with Gasteiger partial charge in [-0.3, -0.25) is 4.90 Å². The number of likely N-dealkylation sites (N-methyl/N-ethyl adjacent to an activating group) is 1. The molecule has 24 heavy (non-hydrogen) atoms. The maximum Gasteiger partial charge on any atom is 0.416 e. The summed E-state index contributed by atoms with van der Waals surface area (Å²) in [5.74, 6) is 0. The van der Waals surface area contributed by atoms with E-state index >= 15 is 0 Å². The van der Waals surface area contributed by atoms with Gasteiger partial charge in [-0.25, -0.2) is 0 Å². The predicted molar refractivity (Wildman–Crippen MR) is 91.0 cm³/mol. The minimum absolute atomic E-state index is 0.115. The molecule has 1 saturated heterocycles. The van der Waals surface area contributed by atoms with E-state index in [0.29, 0.717) is 6.04 Å². The molecule has 1 aliphatic heterocycles. The van der Waals surface area contributed by atoms with Gasteiger partial charge in [-0.2, -0.15) is 13.2 Å². The maximum absolute atomic E-state index is 12.8. The van der Waals surface area contributed by atoms with Crippen LogP contribution in [0.25, 0.3) is 0 Å². The Hall–Kier alpha value is -1.11. The van der Waals surface area contributed by atoms with E-state index in [1.54, 1.807) is 12.1 Å². The highest BCUT2D eigenvalue weighted by molar-refractivity contribution is 5.27. The first-order chi connectivity index (χ1) is 11.4. The largest absolute Gasteiger partial charge is 0.416 e. The molecule has 6 heteroatoms. The minimum Gasteiger partial charge on any atom is -0.314 e. The predicted octanol–water partition coefficient (Wildman–Crippen LogP) is 3.38. The van der Waals surface area contributed by atoms with E-state index in [1.165, 1.54) is 12.1 Å². The summed E-state index contributed by atoms with van der Waals surface area (Å²) < 4.78 is 38.5. The molecule has 1 fully saturated rings. The van der Waals surface area contributed by atoms with Gasteiger partial charge in [0.05, 0.1) is 5.56 Å². The number of nitrogens with one attached hydrogen (secondary N) is 1. The first-order valence-electron chi connectivity index (χ1n) is 8.72. The van der Waals surface area contributed by atoms with E-state index in [0.717, 1.165) is 44.8 Å². The second kappa shape index (κ2) is 8.32. The number of rotatable bonds is 6. The van der Waals surface area contributed by atoms with Crippen LogP contribution in [-0.2, 0) is 6.18 Å². The van der Waals surface area contributed by atoms with E-state index in [9.17, 15) is 13.2 Å². The van der Waals surface area contributed by atoms with E-state index in [2.05, 4.69) is 35.9 Å². The number of piperazine rings is 1. The van der Waals surface area contributed by atoms with Crippen molar-refractivity contribution in [3.8, 4) is 0 Å². The van der Waals surface area contributed by atoms with E-state index in [4.69, 9.17) is 0 Å². The fraction of sp³-hybridized carbons (Fsp3) is 0.667. The van der Waals surface area contributed by atoms with Crippen LogP contribution in [0.3, 0.4) is 0 Å². The monoisotopic (exact) mass is 343 g/mol. The van der Waals surface area contributed by atoms with Crippen LogP contribution >= 0.6 is 0 Å². The fourth-order valence-electron chi connectivity index (χ4n) is 3.34. The summed E-state index contributed by atoms with van der Waals surface area (Å²) in [4.78, 5) is 4.74. The van der Waals surface area contributed by atoms with Crippen LogP contribution in [0.15, 0.2) is 24.3 Å². The van der Waals surface area contributed by atoms with Crippen molar-refractivity contribution in [2.45, 2.75) is 39.0 Å². The van der Waals surface area contributed by atoms with Gasteiger partial charge in [0.25, 0.3) is 0 Å². The van der Waals surface area contributed by atoms with Crippen LogP contribution < -0.4 is 5.32 Å². The number of hydrogen-bond acceptors (Lipinski definition) is 3. The zero-order valence-corrected chi connectivity index (χ0v) is 14.7. The van der Waals surface area contributed by atoms with Gasteiger partial charge in [0.2, 0.25) is 0 Å². The molecule has 0 spiro atoms. The Kier molecular flexibility index (Phi) is 6.66. The average Bonchev–Trinajstić information content (AvgIpc) is 2.56. The van der Waals surface area contributed by atoms with Crippen LogP contribution in [0.4, 0.5) is 13.2 Å². The van der Waals surface area contributed by atoms with Crippen molar-refractivity contribution in [1.29, 1.82) is 0 Å². The molecule has 0 amide bonds. The number of alkyl halides is 3. The highest BCUT2D eigenvalue weighted by atomic mass is 19.4. The van der Waals surface area contributed by atoms with Crippen molar-refractivity contribution >= 4 is 0 Å². The summed E-state index contributed by atoms with van der Waals surface area (Å²) in [6, 6.07) is 6.18. The van der Waals surface area contributed by atoms with Crippen molar-refractivity contribution in [3.05, 3.63) is 35.4 Å². The fourth-order valence-corrected chi connectivity index (χ4v) is 3.34. The van der Waals surface area contributed by atoms with Crippen LogP contribution in [0, 0.1) is 0 Å². The Labute approximate surface area is 142 Å². The van der Waals surface area contributed by atoms with Crippen LogP contribution in [0.5, 0.6) is 0 Å². The van der Waals surface area contributed by atoms with Crippen LogP contribution in [-0.4, -0.2) is 55.1 Å². The molecule has 136 valence electrons. The molecule has 1 aliphatic rings. The van der Waals surface area contributed by atoms with E-state index in [1.807, 2.05) is 0 Å². The Balaban J connectivity index is 2.27. The van der Waals surface area contributed by atoms with E-state index < -0.39 is 11.7 Å². The molecule has 3 nitrogen and oxygen atoms in total. The standard InChI is InChI=1S/C18H28F3N3/c1-4-23(5-2)13-17(24-11-10-22-12-14(24)3)15-6-8-16(9-7-15)18(19,20)21/h6-9,14,17,22H,4-5,10-13H2,1-3H3. The summed E-state index contributed by atoms with van der Waals surface area (Å²) in [5.41, 5.74) is 0.379. The molecular weight excluding hydrogens is 315 g/mol. The summed E-state index contributed by atoms with van der Waals surface area (Å²) in [5, 5.41) is 3.38. The van der Waals surface area contributed by atoms with Gasteiger partial charge in [-0.1, -0.05) is 26.0 Å². The van der Waals surface area contributed by atoms with Crippen LogP contribution in [0.2, 0.25) is 0 Å². The van der Waals surface area contributed by atoms with Gasteiger partial charge >= 0.3 is 6.18 Å². The molecule has 0 bridgehead atoms. The second-order valence-electron chi connectivity index (χ2n) is 6.41. The third-order valence-electron chi connectivity index (χ3n) is 4.90. The number of nitrogens with zero attached hydrogens (tertiary/aromatic N) is 2. The molecule has 1 N–H and O–H groups in total. The quantitative estimate of drug-likeness (QED) is 0.854. The molecule has 2 rings (SSSR count). The first kappa shape index (κ1) is 19.2. The summed E-state index contributed by atoms with van der Waals surface area (Å²) in [7, 11) is 0. The zero-order chi connectivity index (χ0) is 17.7. The highest BCUT2D eigenvalue weighted by Gasteiger charge is 2.32. The van der Waals surface area contributed by atoms with Gasteiger partial charge in [-0.15, -0.1) is 0 Å². The Morgan fingerprint density at radius 1 is 1.21 bits per heavy atom. The number of halogens is 3. The third-order valence-corrected chi connectivity index (χ3v) is 4.90. The van der Waals surface area contributed by atoms with Crippen molar-refractivity contribution in [3.63, 3.8) is 0 Å². The molecule has 2 atom stereocenters. The maximum atomic E-state index is 12.8. The Morgan fingerprint density at radius 3 is 2.33 bits per heavy atom. The normalized spacial score (nSPS) is 21.2. The minimum atomic E-state index is -4.28. The number of benzene rings is 1. The molecule has 2 unspecified atom stereocenters. The molecular formula is C18H28F3N3. The van der Waals surface area contributed by atoms with Crippen molar-refractivity contribution in [1.82, 2.24) is 15.1 Å². The van der Waals surface area contributed by atoms with E-state index in [-0.39, 0.29) is 6.04 Å². The zero-order valence-electron chi connectivity index (χ0n) is 14.7.